The number of hydrogen-bond acceptors (Lipinski definition) is 4. The molecule has 0 saturated carbocycles. The smallest absolute Gasteiger partial charge is 0.282 e. The number of piperazine rings is 1. The number of rotatable bonds is 2. The molecule has 88 valence electrons. The van der Waals surface area contributed by atoms with Crippen LogP contribution in [0.2, 0.25) is 0 Å². The maximum atomic E-state index is 12.0. The van der Waals surface area contributed by atoms with Gasteiger partial charge in [0.05, 0.1) is 6.10 Å². The van der Waals surface area contributed by atoms with Crippen LogP contribution < -0.4 is 5.32 Å². The molecule has 2 fully saturated rings. The fraction of sp³-hybridized carbons (Fsp3) is 1.00. The van der Waals surface area contributed by atoms with Gasteiger partial charge in [-0.1, -0.05) is 0 Å². The number of nitrogens with zero attached hydrogens (tertiary/aromatic N) is 2. The molecular formula is C8H17N3O3S. The van der Waals surface area contributed by atoms with E-state index in [-0.39, 0.29) is 6.54 Å². The highest BCUT2D eigenvalue weighted by molar-refractivity contribution is 7.86. The summed E-state index contributed by atoms with van der Waals surface area (Å²) in [5.41, 5.74) is 0. The highest BCUT2D eigenvalue weighted by Gasteiger charge is 2.35. The van der Waals surface area contributed by atoms with E-state index in [2.05, 4.69) is 5.32 Å². The predicted octanol–water partition coefficient (Wildman–Crippen LogP) is -1.80. The van der Waals surface area contributed by atoms with Gasteiger partial charge in [-0.25, -0.2) is 0 Å². The van der Waals surface area contributed by atoms with Gasteiger partial charge in [-0.3, -0.25) is 0 Å². The Morgan fingerprint density at radius 3 is 2.33 bits per heavy atom. The molecule has 0 spiro atoms. The third-order valence-electron chi connectivity index (χ3n) is 2.85. The fourth-order valence-corrected chi connectivity index (χ4v) is 3.63. The molecular weight excluding hydrogens is 218 g/mol. The Hall–Kier alpha value is -0.210. The van der Waals surface area contributed by atoms with Crippen LogP contribution in [0.3, 0.4) is 0 Å². The van der Waals surface area contributed by atoms with Crippen LogP contribution in [0, 0.1) is 0 Å². The van der Waals surface area contributed by atoms with Gasteiger partial charge in [0.2, 0.25) is 0 Å². The lowest BCUT2D eigenvalue weighted by molar-refractivity contribution is 0.187. The first-order chi connectivity index (χ1) is 7.10. The van der Waals surface area contributed by atoms with Crippen molar-refractivity contribution in [1.82, 2.24) is 13.9 Å². The zero-order valence-electron chi connectivity index (χ0n) is 8.59. The van der Waals surface area contributed by atoms with Gasteiger partial charge in [-0.15, -0.1) is 0 Å². The van der Waals surface area contributed by atoms with Gasteiger partial charge in [0, 0.05) is 39.3 Å². The summed E-state index contributed by atoms with van der Waals surface area (Å²) in [6.45, 7) is 3.13. The Kier molecular flexibility index (Phi) is 3.27. The molecule has 0 aromatic heterocycles. The average Bonchev–Trinajstić information content (AvgIpc) is 2.67. The van der Waals surface area contributed by atoms with Crippen molar-refractivity contribution in [2.24, 2.45) is 0 Å². The van der Waals surface area contributed by atoms with Crippen molar-refractivity contribution in [3.05, 3.63) is 0 Å². The van der Waals surface area contributed by atoms with E-state index in [9.17, 15) is 13.5 Å². The summed E-state index contributed by atoms with van der Waals surface area (Å²) in [6.07, 6.45) is 0.0494. The second kappa shape index (κ2) is 4.34. The lowest BCUT2D eigenvalue weighted by Gasteiger charge is -2.30. The minimum atomic E-state index is -3.33. The van der Waals surface area contributed by atoms with Crippen molar-refractivity contribution in [3.63, 3.8) is 0 Å². The molecule has 2 aliphatic rings. The van der Waals surface area contributed by atoms with Gasteiger partial charge >= 0.3 is 0 Å². The van der Waals surface area contributed by atoms with Crippen molar-refractivity contribution in [1.29, 1.82) is 0 Å². The molecule has 0 aromatic rings. The first-order valence-corrected chi connectivity index (χ1v) is 6.64. The molecule has 0 aliphatic carbocycles. The van der Waals surface area contributed by atoms with E-state index >= 15 is 0 Å². The van der Waals surface area contributed by atoms with E-state index in [4.69, 9.17) is 0 Å². The number of hydrogen-bond donors (Lipinski definition) is 2. The molecule has 0 amide bonds. The van der Waals surface area contributed by atoms with Crippen LogP contribution in [0.5, 0.6) is 0 Å². The highest BCUT2D eigenvalue weighted by Crippen LogP contribution is 2.17. The van der Waals surface area contributed by atoms with Crippen LogP contribution in [0.1, 0.15) is 6.42 Å². The summed E-state index contributed by atoms with van der Waals surface area (Å²) in [5.74, 6) is 0. The van der Waals surface area contributed by atoms with E-state index in [0.717, 1.165) is 0 Å². The topological polar surface area (TPSA) is 72.9 Å². The number of β-amino-alcohol motifs (C(OH)–C–C–N with tert-alkyl or cyclic N) is 1. The summed E-state index contributed by atoms with van der Waals surface area (Å²) in [4.78, 5) is 0. The van der Waals surface area contributed by atoms with Gasteiger partial charge in [-0.2, -0.15) is 17.0 Å². The second-order valence-electron chi connectivity index (χ2n) is 3.96. The van der Waals surface area contributed by atoms with E-state index in [0.29, 0.717) is 39.1 Å². The summed E-state index contributed by atoms with van der Waals surface area (Å²) in [5, 5.41) is 12.4. The Bertz CT molecular complexity index is 302. The van der Waals surface area contributed by atoms with Crippen molar-refractivity contribution in [2.45, 2.75) is 12.5 Å². The summed E-state index contributed by atoms with van der Waals surface area (Å²) < 4.78 is 27.0. The maximum Gasteiger partial charge on any atom is 0.282 e. The lowest BCUT2D eigenvalue weighted by atomic mass is 10.3. The van der Waals surface area contributed by atoms with Crippen molar-refractivity contribution < 1.29 is 13.5 Å². The van der Waals surface area contributed by atoms with E-state index in [1.54, 1.807) is 0 Å². The predicted molar refractivity (Wildman–Crippen MR) is 55.6 cm³/mol. The number of nitrogens with one attached hydrogen (secondary N) is 1. The fourth-order valence-electron chi connectivity index (χ4n) is 1.96. The monoisotopic (exact) mass is 235 g/mol. The molecule has 2 aliphatic heterocycles. The molecule has 0 aromatic carbocycles. The first kappa shape index (κ1) is 11.3. The van der Waals surface area contributed by atoms with Crippen LogP contribution >= 0.6 is 0 Å². The minimum Gasteiger partial charge on any atom is -0.392 e. The van der Waals surface area contributed by atoms with Crippen LogP contribution in [-0.4, -0.2) is 67.5 Å². The zero-order chi connectivity index (χ0) is 10.9. The molecule has 1 atom stereocenters. The summed E-state index contributed by atoms with van der Waals surface area (Å²) >= 11 is 0. The SMILES string of the molecule is O=S(=O)(N1CCNCC1)N1CCC(O)C1. The molecule has 1 unspecified atom stereocenters. The Labute approximate surface area is 90.0 Å². The van der Waals surface area contributed by atoms with E-state index in [1.165, 1.54) is 8.61 Å². The second-order valence-corrected chi connectivity index (χ2v) is 5.89. The summed E-state index contributed by atoms with van der Waals surface area (Å²) in [7, 11) is -3.33. The van der Waals surface area contributed by atoms with Gasteiger partial charge in [0.15, 0.2) is 0 Å². The molecule has 7 heteroatoms. The quantitative estimate of drug-likeness (QED) is 0.592. The molecule has 6 nitrogen and oxygen atoms in total. The van der Waals surface area contributed by atoms with E-state index < -0.39 is 16.3 Å². The zero-order valence-corrected chi connectivity index (χ0v) is 9.41. The van der Waals surface area contributed by atoms with Gasteiger partial charge < -0.3 is 10.4 Å². The third-order valence-corrected chi connectivity index (χ3v) is 4.86. The maximum absolute atomic E-state index is 12.0. The first-order valence-electron chi connectivity index (χ1n) is 5.25. The van der Waals surface area contributed by atoms with E-state index in [1.807, 2.05) is 0 Å². The van der Waals surface area contributed by atoms with Crippen LogP contribution in [0.4, 0.5) is 0 Å². The van der Waals surface area contributed by atoms with Crippen molar-refractivity contribution >= 4 is 10.2 Å². The molecule has 0 bridgehead atoms. The minimum absolute atomic E-state index is 0.242. The Morgan fingerprint density at radius 2 is 1.80 bits per heavy atom. The van der Waals surface area contributed by atoms with Gasteiger partial charge in [0.25, 0.3) is 10.2 Å². The van der Waals surface area contributed by atoms with Crippen molar-refractivity contribution in [3.8, 4) is 0 Å². The molecule has 15 heavy (non-hydrogen) atoms. The molecule has 2 N–H and O–H groups in total. The molecule has 2 heterocycles. The molecule has 2 saturated heterocycles. The third kappa shape index (κ3) is 2.31. The van der Waals surface area contributed by atoms with Crippen LogP contribution in [0.25, 0.3) is 0 Å². The number of aliphatic hydroxyl groups is 1. The Balaban J connectivity index is 2.05. The largest absolute Gasteiger partial charge is 0.392 e. The van der Waals surface area contributed by atoms with Crippen LogP contribution in [-0.2, 0) is 10.2 Å². The Morgan fingerprint density at radius 1 is 1.13 bits per heavy atom. The average molecular weight is 235 g/mol. The summed E-state index contributed by atoms with van der Waals surface area (Å²) in [6, 6.07) is 0. The van der Waals surface area contributed by atoms with Crippen molar-refractivity contribution in [2.75, 3.05) is 39.3 Å². The highest BCUT2D eigenvalue weighted by atomic mass is 32.2. The normalized spacial score (nSPS) is 30.9. The standard InChI is InChI=1S/C8H17N3O3S/c12-8-1-4-11(7-8)15(13,14)10-5-2-9-3-6-10/h8-9,12H,1-7H2. The van der Waals surface area contributed by atoms with Gasteiger partial charge in [-0.05, 0) is 6.42 Å². The molecule has 0 radical (unpaired) electrons. The number of aliphatic hydroxyl groups excluding tert-OH is 1. The lowest BCUT2D eigenvalue weighted by Crippen LogP contribution is -2.51. The molecule has 2 rings (SSSR count). The van der Waals surface area contributed by atoms with Gasteiger partial charge in [0.1, 0.15) is 0 Å². The van der Waals surface area contributed by atoms with Crippen LogP contribution in [0.15, 0.2) is 0 Å².